The zero-order valence-corrected chi connectivity index (χ0v) is 20.3. The van der Waals surface area contributed by atoms with Crippen molar-refractivity contribution in [1.29, 1.82) is 0 Å². The number of alkyl halides is 1. The van der Waals surface area contributed by atoms with E-state index in [0.717, 1.165) is 46.9 Å². The summed E-state index contributed by atoms with van der Waals surface area (Å²) in [4.78, 5) is 14.9. The topological polar surface area (TPSA) is 32.3 Å². The van der Waals surface area contributed by atoms with Crippen molar-refractivity contribution in [3.05, 3.63) is 33.7 Å². The molecule has 1 aromatic carbocycles. The third-order valence-corrected chi connectivity index (χ3v) is 8.26. The van der Waals surface area contributed by atoms with Gasteiger partial charge < -0.3 is 0 Å². The van der Waals surface area contributed by atoms with Crippen LogP contribution in [0.3, 0.4) is 0 Å². The van der Waals surface area contributed by atoms with Crippen LogP contribution in [0.5, 0.6) is 0 Å². The van der Waals surface area contributed by atoms with Gasteiger partial charge in [-0.3, -0.25) is 0 Å². The van der Waals surface area contributed by atoms with E-state index in [-0.39, 0.29) is 38.0 Å². The molecule has 0 bridgehead atoms. The molecule has 28 heavy (non-hydrogen) atoms. The Labute approximate surface area is 181 Å². The zero-order chi connectivity index (χ0) is 20.8. The van der Waals surface area contributed by atoms with E-state index in [0.29, 0.717) is 11.8 Å². The Bertz CT molecular complexity index is 647. The van der Waals surface area contributed by atoms with Gasteiger partial charge in [0.1, 0.15) is 0 Å². The van der Waals surface area contributed by atoms with Crippen LogP contribution in [-0.2, 0) is 4.79 Å². The molecular formula is C23H37FIN2O-. The molecule has 1 saturated heterocycles. The normalized spacial score (nSPS) is 18.9. The van der Waals surface area contributed by atoms with Gasteiger partial charge in [-0.25, -0.2) is 0 Å². The van der Waals surface area contributed by atoms with Gasteiger partial charge in [-0.1, -0.05) is 0 Å². The predicted octanol–water partition coefficient (Wildman–Crippen LogP) is 1.87. The van der Waals surface area contributed by atoms with E-state index in [2.05, 4.69) is 44.8 Å². The Morgan fingerprint density at radius 2 is 2.00 bits per heavy atom. The van der Waals surface area contributed by atoms with Crippen molar-refractivity contribution < 1.29 is 30.4 Å². The minimum atomic E-state index is -0.249. The van der Waals surface area contributed by atoms with Crippen molar-refractivity contribution in [1.82, 2.24) is 10.2 Å². The molecule has 1 aliphatic rings. The summed E-state index contributed by atoms with van der Waals surface area (Å²) in [7, 11) is 0. The van der Waals surface area contributed by atoms with E-state index in [1.807, 2.05) is 6.07 Å². The predicted molar refractivity (Wildman–Crippen MR) is 110 cm³/mol. The van der Waals surface area contributed by atoms with Crippen LogP contribution in [0.2, 0.25) is 0 Å². The van der Waals surface area contributed by atoms with Gasteiger partial charge >= 0.3 is 181 Å². The van der Waals surface area contributed by atoms with Crippen LogP contribution >= 0.6 is 0 Å². The summed E-state index contributed by atoms with van der Waals surface area (Å²) in [5.41, 5.74) is -0.180. The molecular weight excluding hydrogens is 466 g/mol. The van der Waals surface area contributed by atoms with Crippen LogP contribution in [0.25, 0.3) is 0 Å². The van der Waals surface area contributed by atoms with Crippen molar-refractivity contribution >= 4 is 5.91 Å². The molecule has 1 atom stereocenters. The van der Waals surface area contributed by atoms with Gasteiger partial charge in [0.05, 0.1) is 0 Å². The number of halogens is 2. The van der Waals surface area contributed by atoms with Gasteiger partial charge in [0.2, 0.25) is 0 Å². The summed E-state index contributed by atoms with van der Waals surface area (Å²) >= 11 is -0.222. The molecule has 0 aromatic heterocycles. The second-order valence-corrected chi connectivity index (χ2v) is 12.1. The summed E-state index contributed by atoms with van der Waals surface area (Å²) in [5, 5.41) is 3.71. The number of hydrogen-bond donors (Lipinski definition) is 1. The van der Waals surface area contributed by atoms with Crippen molar-refractivity contribution in [2.75, 3.05) is 17.6 Å². The first-order valence-electron chi connectivity index (χ1n) is 10.5. The van der Waals surface area contributed by atoms with E-state index >= 15 is 0 Å². The molecule has 0 radical (unpaired) electrons. The molecule has 0 aliphatic carbocycles. The molecule has 2 rings (SSSR count). The first-order valence-corrected chi connectivity index (χ1v) is 13.1. The fourth-order valence-electron chi connectivity index (χ4n) is 3.78. The Balaban J connectivity index is 1.81. The summed E-state index contributed by atoms with van der Waals surface area (Å²) in [5.74, 6) is 0.825. The van der Waals surface area contributed by atoms with E-state index in [9.17, 15) is 9.18 Å². The van der Waals surface area contributed by atoms with Crippen LogP contribution in [0.1, 0.15) is 66.7 Å². The van der Waals surface area contributed by atoms with Crippen molar-refractivity contribution in [3.63, 3.8) is 0 Å². The number of nitrogens with zero attached hydrogens (tertiary/aromatic N) is 1. The number of hydrogen-bond acceptors (Lipinski definition) is 2. The van der Waals surface area contributed by atoms with E-state index in [1.165, 1.54) is 12.5 Å². The van der Waals surface area contributed by atoms with Gasteiger partial charge in [0.15, 0.2) is 0 Å². The maximum atomic E-state index is 13.3. The number of nitrogens with one attached hydrogen (secondary N) is 1. The third-order valence-electron chi connectivity index (χ3n) is 5.95. The second-order valence-electron chi connectivity index (χ2n) is 9.30. The van der Waals surface area contributed by atoms with Crippen LogP contribution in [0.15, 0.2) is 24.3 Å². The third kappa shape index (κ3) is 7.29. The SMILES string of the molecule is CCC(C)(C)C(=O)N1CCCC(CC(C)(C)NC[I-]c2cccc(F)c2)CC1. The van der Waals surface area contributed by atoms with E-state index < -0.39 is 0 Å². The molecule has 3 nitrogen and oxygen atoms in total. The Hall–Kier alpha value is -0.690. The molecule has 0 spiro atoms. The van der Waals surface area contributed by atoms with E-state index in [4.69, 9.17) is 0 Å². The number of benzene rings is 1. The standard InChI is InChI=1S/C23H37FIN2O/c1-6-22(2,3)21(28)27-13-8-9-18(12-14-27)16-23(4,5)26-17-25-20-11-7-10-19(24)15-20/h7,10-11,15,18,26H,6,8-9,12-14,16-17H2,1-5H3/q-1. The monoisotopic (exact) mass is 503 g/mol. The molecule has 1 aromatic rings. The van der Waals surface area contributed by atoms with Crippen molar-refractivity contribution in [2.45, 2.75) is 72.3 Å². The van der Waals surface area contributed by atoms with Gasteiger partial charge in [0, 0.05) is 0 Å². The number of carbonyl (C=O) groups excluding carboxylic acids is 1. The summed E-state index contributed by atoms with van der Waals surface area (Å²) in [6, 6.07) is 7.00. The van der Waals surface area contributed by atoms with Crippen molar-refractivity contribution in [3.8, 4) is 0 Å². The molecule has 1 fully saturated rings. The number of amides is 1. The first-order chi connectivity index (χ1) is 13.1. The number of likely N-dealkylation sites (tertiary alicyclic amines) is 1. The first kappa shape index (κ1) is 23.6. The minimum absolute atomic E-state index is 0.0690. The molecule has 160 valence electrons. The molecule has 1 unspecified atom stereocenters. The summed E-state index contributed by atoms with van der Waals surface area (Å²) in [6.07, 6.45) is 5.40. The summed E-state index contributed by atoms with van der Waals surface area (Å²) in [6.45, 7) is 12.6. The van der Waals surface area contributed by atoms with Gasteiger partial charge in [0.25, 0.3) is 0 Å². The molecule has 5 heteroatoms. The molecule has 1 aliphatic heterocycles. The van der Waals surface area contributed by atoms with Crippen LogP contribution in [-0.4, -0.2) is 34.0 Å². The van der Waals surface area contributed by atoms with E-state index in [1.54, 1.807) is 12.1 Å². The van der Waals surface area contributed by atoms with Crippen LogP contribution in [0, 0.1) is 20.7 Å². The van der Waals surface area contributed by atoms with Crippen LogP contribution < -0.4 is 26.5 Å². The molecule has 1 heterocycles. The van der Waals surface area contributed by atoms with Gasteiger partial charge in [-0.2, -0.15) is 0 Å². The van der Waals surface area contributed by atoms with Crippen LogP contribution in [0.4, 0.5) is 4.39 Å². The average molecular weight is 503 g/mol. The fourth-order valence-corrected chi connectivity index (χ4v) is 6.42. The number of rotatable bonds is 8. The number of carbonyl (C=O) groups is 1. The average Bonchev–Trinajstić information content (AvgIpc) is 2.86. The maximum absolute atomic E-state index is 13.3. The molecule has 1 amide bonds. The molecule has 0 saturated carbocycles. The molecule has 1 N–H and O–H groups in total. The Morgan fingerprint density at radius 3 is 2.68 bits per heavy atom. The Morgan fingerprint density at radius 1 is 1.25 bits per heavy atom. The summed E-state index contributed by atoms with van der Waals surface area (Å²) < 4.78 is 15.4. The Kier molecular flexibility index (Phi) is 8.74. The van der Waals surface area contributed by atoms with Gasteiger partial charge in [-0.05, 0) is 0 Å². The zero-order valence-electron chi connectivity index (χ0n) is 18.2. The fraction of sp³-hybridized carbons (Fsp3) is 0.696. The second kappa shape index (κ2) is 10.4. The van der Waals surface area contributed by atoms with Gasteiger partial charge in [-0.15, -0.1) is 0 Å². The quantitative estimate of drug-likeness (QED) is 0.334. The van der Waals surface area contributed by atoms with Crippen molar-refractivity contribution in [2.24, 2.45) is 11.3 Å².